The van der Waals surface area contributed by atoms with Gasteiger partial charge >= 0.3 is 0 Å². The molecule has 0 radical (unpaired) electrons. The third-order valence-electron chi connectivity index (χ3n) is 4.38. The van der Waals surface area contributed by atoms with Crippen LogP contribution in [0, 0.1) is 11.8 Å². The van der Waals surface area contributed by atoms with Crippen LogP contribution >= 0.6 is 0 Å². The van der Waals surface area contributed by atoms with Gasteiger partial charge in [0, 0.05) is 30.2 Å². The molecule has 1 aliphatic carbocycles. The highest BCUT2D eigenvalue weighted by molar-refractivity contribution is 5.92. The number of hydrogen-bond acceptors (Lipinski definition) is 2. The second kappa shape index (κ2) is 6.86. The van der Waals surface area contributed by atoms with E-state index in [0.717, 1.165) is 18.4 Å². The number of hydrogen-bond donors (Lipinski definition) is 3. The van der Waals surface area contributed by atoms with Gasteiger partial charge in [-0.25, -0.2) is 0 Å². The van der Waals surface area contributed by atoms with Gasteiger partial charge in [0.2, 0.25) is 11.8 Å². The van der Waals surface area contributed by atoms with E-state index in [-0.39, 0.29) is 23.7 Å². The van der Waals surface area contributed by atoms with E-state index in [1.807, 2.05) is 31.3 Å². The molecule has 2 aromatic rings. The van der Waals surface area contributed by atoms with Crippen molar-refractivity contribution in [1.82, 2.24) is 15.6 Å². The van der Waals surface area contributed by atoms with E-state index in [1.165, 1.54) is 10.9 Å². The molecule has 1 aromatic heterocycles. The molecular weight excluding hydrogens is 290 g/mol. The van der Waals surface area contributed by atoms with E-state index in [9.17, 15) is 9.59 Å². The zero-order valence-electron chi connectivity index (χ0n) is 13.4. The maximum absolute atomic E-state index is 12.1. The molecule has 1 saturated carbocycles. The highest BCUT2D eigenvalue weighted by Gasteiger charge is 2.47. The maximum Gasteiger partial charge on any atom is 0.223 e. The number of benzene rings is 1. The van der Waals surface area contributed by atoms with Crippen LogP contribution in [0.3, 0.4) is 0 Å². The van der Waals surface area contributed by atoms with Crippen molar-refractivity contribution in [3.05, 3.63) is 36.0 Å². The van der Waals surface area contributed by atoms with Crippen LogP contribution in [0.15, 0.2) is 30.5 Å². The lowest BCUT2D eigenvalue weighted by Gasteiger charge is -2.05. The summed E-state index contributed by atoms with van der Waals surface area (Å²) in [5.41, 5.74) is 2.32. The van der Waals surface area contributed by atoms with Crippen LogP contribution in [0.5, 0.6) is 0 Å². The molecule has 1 heterocycles. The lowest BCUT2D eigenvalue weighted by Crippen LogP contribution is -2.31. The largest absolute Gasteiger partial charge is 0.361 e. The molecule has 5 heteroatoms. The molecule has 0 aliphatic heterocycles. The number of H-pyrrole nitrogens is 1. The van der Waals surface area contributed by atoms with Gasteiger partial charge in [-0.1, -0.05) is 25.1 Å². The molecule has 2 unspecified atom stereocenters. The lowest BCUT2D eigenvalue weighted by molar-refractivity contribution is -0.127. The zero-order chi connectivity index (χ0) is 16.2. The second-order valence-corrected chi connectivity index (χ2v) is 6.14. The van der Waals surface area contributed by atoms with Gasteiger partial charge in [0.1, 0.15) is 0 Å². The fourth-order valence-corrected chi connectivity index (χ4v) is 2.94. The van der Waals surface area contributed by atoms with Crippen LogP contribution in [-0.4, -0.2) is 29.9 Å². The standard InChI is InChI=1S/C18H23N3O2/c1-2-8-19-17(22)14-10-15(14)18(23)20-9-7-12-11-21-16-6-4-3-5-13(12)16/h3-6,11,14-15,21H,2,7-10H2,1H3,(H,19,22)(H,20,23). The lowest BCUT2D eigenvalue weighted by atomic mass is 10.1. The Kier molecular flexibility index (Phi) is 4.65. The molecule has 3 rings (SSSR count). The molecule has 0 saturated heterocycles. The zero-order valence-corrected chi connectivity index (χ0v) is 13.4. The molecule has 0 bridgehead atoms. The summed E-state index contributed by atoms with van der Waals surface area (Å²) in [6.45, 7) is 3.30. The Morgan fingerprint density at radius 3 is 2.57 bits per heavy atom. The van der Waals surface area contributed by atoms with Gasteiger partial charge in [0.15, 0.2) is 0 Å². The average Bonchev–Trinajstić information content (AvgIpc) is 3.28. The highest BCUT2D eigenvalue weighted by atomic mass is 16.2. The Balaban J connectivity index is 1.45. The van der Waals surface area contributed by atoms with Crippen LogP contribution < -0.4 is 10.6 Å². The molecule has 1 aromatic carbocycles. The molecule has 1 fully saturated rings. The van der Waals surface area contributed by atoms with Crippen LogP contribution in [-0.2, 0) is 16.0 Å². The monoisotopic (exact) mass is 313 g/mol. The Morgan fingerprint density at radius 1 is 1.13 bits per heavy atom. The molecule has 122 valence electrons. The summed E-state index contributed by atoms with van der Waals surface area (Å²) in [6.07, 6.45) is 4.37. The molecular formula is C18H23N3O2. The van der Waals surface area contributed by atoms with E-state index >= 15 is 0 Å². The highest BCUT2D eigenvalue weighted by Crippen LogP contribution is 2.38. The second-order valence-electron chi connectivity index (χ2n) is 6.14. The predicted molar refractivity (Wildman–Crippen MR) is 89.9 cm³/mol. The molecule has 2 atom stereocenters. The first-order chi connectivity index (χ1) is 11.2. The van der Waals surface area contributed by atoms with E-state index in [2.05, 4.69) is 21.7 Å². The summed E-state index contributed by atoms with van der Waals surface area (Å²) in [6, 6.07) is 8.14. The molecule has 0 spiro atoms. The number of carbonyl (C=O) groups excluding carboxylic acids is 2. The minimum atomic E-state index is -0.144. The Bertz CT molecular complexity index is 707. The van der Waals surface area contributed by atoms with Crippen LogP contribution in [0.4, 0.5) is 0 Å². The Morgan fingerprint density at radius 2 is 1.83 bits per heavy atom. The predicted octanol–water partition coefficient (Wildman–Crippen LogP) is 1.99. The quantitative estimate of drug-likeness (QED) is 0.731. The summed E-state index contributed by atoms with van der Waals surface area (Å²) in [4.78, 5) is 27.1. The number of carbonyl (C=O) groups is 2. The number of aromatic amines is 1. The van der Waals surface area contributed by atoms with E-state index in [4.69, 9.17) is 0 Å². The summed E-state index contributed by atoms with van der Waals surface area (Å²) >= 11 is 0. The van der Waals surface area contributed by atoms with E-state index < -0.39 is 0 Å². The van der Waals surface area contributed by atoms with Crippen molar-refractivity contribution in [2.24, 2.45) is 11.8 Å². The smallest absolute Gasteiger partial charge is 0.223 e. The van der Waals surface area contributed by atoms with E-state index in [1.54, 1.807) is 0 Å². The van der Waals surface area contributed by atoms with Crippen molar-refractivity contribution in [3.8, 4) is 0 Å². The van der Waals surface area contributed by atoms with Crippen molar-refractivity contribution in [2.75, 3.05) is 13.1 Å². The number of nitrogens with one attached hydrogen (secondary N) is 3. The Hall–Kier alpha value is -2.30. The van der Waals surface area contributed by atoms with Crippen molar-refractivity contribution in [1.29, 1.82) is 0 Å². The molecule has 2 amide bonds. The summed E-state index contributed by atoms with van der Waals surface area (Å²) in [5, 5.41) is 7.01. The average molecular weight is 313 g/mol. The van der Waals surface area contributed by atoms with Crippen molar-refractivity contribution in [3.63, 3.8) is 0 Å². The van der Waals surface area contributed by atoms with Gasteiger partial charge in [-0.05, 0) is 30.9 Å². The SMILES string of the molecule is CCCNC(=O)C1CC1C(=O)NCCc1c[nH]c2ccccc12. The van der Waals surface area contributed by atoms with Crippen molar-refractivity contribution >= 4 is 22.7 Å². The van der Waals surface area contributed by atoms with Gasteiger partial charge in [-0.3, -0.25) is 9.59 Å². The number of aromatic nitrogens is 1. The summed E-state index contributed by atoms with van der Waals surface area (Å²) in [5.74, 6) is -0.255. The number of para-hydroxylation sites is 1. The normalized spacial score (nSPS) is 19.5. The maximum atomic E-state index is 12.1. The number of amides is 2. The topological polar surface area (TPSA) is 74.0 Å². The molecule has 23 heavy (non-hydrogen) atoms. The van der Waals surface area contributed by atoms with Crippen molar-refractivity contribution < 1.29 is 9.59 Å². The van der Waals surface area contributed by atoms with Crippen LogP contribution in [0.1, 0.15) is 25.3 Å². The van der Waals surface area contributed by atoms with Crippen LogP contribution in [0.2, 0.25) is 0 Å². The minimum absolute atomic E-state index is 0.00138. The van der Waals surface area contributed by atoms with Crippen LogP contribution in [0.25, 0.3) is 10.9 Å². The van der Waals surface area contributed by atoms with Gasteiger partial charge in [-0.15, -0.1) is 0 Å². The molecule has 3 N–H and O–H groups in total. The van der Waals surface area contributed by atoms with Crippen molar-refractivity contribution in [2.45, 2.75) is 26.2 Å². The first kappa shape index (κ1) is 15.6. The fourth-order valence-electron chi connectivity index (χ4n) is 2.94. The van der Waals surface area contributed by atoms with Gasteiger partial charge in [-0.2, -0.15) is 0 Å². The third kappa shape index (κ3) is 3.55. The number of fused-ring (bicyclic) bond motifs is 1. The Labute approximate surface area is 135 Å². The summed E-state index contributed by atoms with van der Waals surface area (Å²) in [7, 11) is 0. The first-order valence-electron chi connectivity index (χ1n) is 8.31. The summed E-state index contributed by atoms with van der Waals surface area (Å²) < 4.78 is 0. The molecule has 5 nitrogen and oxygen atoms in total. The van der Waals surface area contributed by atoms with Gasteiger partial charge < -0.3 is 15.6 Å². The third-order valence-corrected chi connectivity index (χ3v) is 4.38. The first-order valence-corrected chi connectivity index (χ1v) is 8.31. The van der Waals surface area contributed by atoms with Gasteiger partial charge in [0.05, 0.1) is 11.8 Å². The molecule has 1 aliphatic rings. The minimum Gasteiger partial charge on any atom is -0.361 e. The fraction of sp³-hybridized carbons (Fsp3) is 0.444. The van der Waals surface area contributed by atoms with Gasteiger partial charge in [0.25, 0.3) is 0 Å². The van der Waals surface area contributed by atoms with E-state index in [0.29, 0.717) is 19.5 Å². The number of rotatable bonds is 7.